The lowest BCUT2D eigenvalue weighted by molar-refractivity contribution is 0.0746. The van der Waals surface area contributed by atoms with Crippen LogP contribution in [-0.2, 0) is 13.0 Å². The number of carbonyl (C=O) groups is 1. The second kappa shape index (κ2) is 11.3. The van der Waals surface area contributed by atoms with Gasteiger partial charge in [0.25, 0.3) is 5.91 Å². The van der Waals surface area contributed by atoms with Crippen LogP contribution in [0.4, 0.5) is 0 Å². The molecule has 0 spiro atoms. The first-order valence-corrected chi connectivity index (χ1v) is 10.9. The summed E-state index contributed by atoms with van der Waals surface area (Å²) in [4.78, 5) is 23.3. The average Bonchev–Trinajstić information content (AvgIpc) is 3.26. The molecular weight excluding hydrogens is 412 g/mol. The van der Waals surface area contributed by atoms with Gasteiger partial charge in [0.05, 0.1) is 26.9 Å². The lowest BCUT2D eigenvalue weighted by Gasteiger charge is -2.34. The van der Waals surface area contributed by atoms with Crippen LogP contribution in [0.25, 0.3) is 0 Å². The van der Waals surface area contributed by atoms with Gasteiger partial charge in [-0.25, -0.2) is 4.98 Å². The molecule has 2 aromatic rings. The van der Waals surface area contributed by atoms with Gasteiger partial charge in [-0.2, -0.15) is 0 Å². The highest BCUT2D eigenvalue weighted by molar-refractivity contribution is 5.91. The predicted octanol–water partition coefficient (Wildman–Crippen LogP) is 1.50. The molecule has 1 aliphatic heterocycles. The van der Waals surface area contributed by atoms with Gasteiger partial charge in [-0.1, -0.05) is 6.07 Å². The molecule has 1 saturated heterocycles. The van der Waals surface area contributed by atoms with Crippen LogP contribution >= 0.6 is 0 Å². The summed E-state index contributed by atoms with van der Waals surface area (Å²) >= 11 is 0. The molecule has 1 aliphatic rings. The fraction of sp³-hybridized carbons (Fsp3) is 0.565. The van der Waals surface area contributed by atoms with Gasteiger partial charge in [0, 0.05) is 46.3 Å². The first-order chi connectivity index (χ1) is 15.4. The highest BCUT2D eigenvalue weighted by atomic mass is 16.5. The topological polar surface area (TPSA) is 91.5 Å². The van der Waals surface area contributed by atoms with Crippen molar-refractivity contribution in [1.82, 2.24) is 19.7 Å². The van der Waals surface area contributed by atoms with E-state index in [1.165, 1.54) is 6.26 Å². The molecule has 1 N–H and O–H groups in total. The number of benzene rings is 1. The van der Waals surface area contributed by atoms with Gasteiger partial charge in [-0.05, 0) is 31.0 Å². The van der Waals surface area contributed by atoms with E-state index in [0.29, 0.717) is 49.1 Å². The number of nitrogens with zero attached hydrogens (tertiary/aromatic N) is 4. The zero-order valence-electron chi connectivity index (χ0n) is 19.4. The molecule has 0 saturated carbocycles. The van der Waals surface area contributed by atoms with E-state index in [9.17, 15) is 9.90 Å². The molecule has 0 radical (unpaired) electrons. The van der Waals surface area contributed by atoms with E-state index >= 15 is 0 Å². The highest BCUT2D eigenvalue weighted by Gasteiger charge is 2.21. The molecule has 0 bridgehead atoms. The molecule has 1 unspecified atom stereocenters. The second-order valence-corrected chi connectivity index (χ2v) is 8.22. The summed E-state index contributed by atoms with van der Waals surface area (Å²) in [6, 6.07) is 5.76. The van der Waals surface area contributed by atoms with Crippen molar-refractivity contribution in [2.75, 3.05) is 60.5 Å². The van der Waals surface area contributed by atoms with Crippen molar-refractivity contribution in [2.45, 2.75) is 26.0 Å². The van der Waals surface area contributed by atoms with Crippen molar-refractivity contribution in [3.63, 3.8) is 0 Å². The van der Waals surface area contributed by atoms with Gasteiger partial charge in [0.2, 0.25) is 5.89 Å². The summed E-state index contributed by atoms with van der Waals surface area (Å²) in [5.41, 5.74) is 1.38. The number of methoxy groups -OCH3 is 2. The SMILES string of the molecule is COc1ccc(CCN(C)C(=O)c2coc(CN3CCN(CC(C)O)CC3)n2)cc1OC. The van der Waals surface area contributed by atoms with Crippen LogP contribution in [0, 0.1) is 0 Å². The number of rotatable bonds is 10. The van der Waals surface area contributed by atoms with Crippen molar-refractivity contribution in [3.8, 4) is 11.5 Å². The molecule has 0 aliphatic carbocycles. The Morgan fingerprint density at radius 3 is 2.53 bits per heavy atom. The minimum Gasteiger partial charge on any atom is -0.493 e. The summed E-state index contributed by atoms with van der Waals surface area (Å²) in [5, 5.41) is 9.53. The molecular formula is C23H34N4O5. The fourth-order valence-corrected chi connectivity index (χ4v) is 3.81. The highest BCUT2D eigenvalue weighted by Crippen LogP contribution is 2.27. The number of ether oxygens (including phenoxy) is 2. The summed E-state index contributed by atoms with van der Waals surface area (Å²) < 4.78 is 16.2. The van der Waals surface area contributed by atoms with Crippen molar-refractivity contribution >= 4 is 5.91 Å². The Balaban J connectivity index is 1.48. The van der Waals surface area contributed by atoms with E-state index in [1.54, 1.807) is 26.2 Å². The number of hydrogen-bond acceptors (Lipinski definition) is 8. The van der Waals surface area contributed by atoms with Crippen LogP contribution in [-0.4, -0.2) is 97.3 Å². The summed E-state index contributed by atoms with van der Waals surface area (Å²) in [5.74, 6) is 1.74. The maximum absolute atomic E-state index is 12.8. The van der Waals surface area contributed by atoms with E-state index in [4.69, 9.17) is 13.9 Å². The second-order valence-electron chi connectivity index (χ2n) is 8.22. The monoisotopic (exact) mass is 446 g/mol. The number of amides is 1. The Morgan fingerprint density at radius 2 is 1.88 bits per heavy atom. The van der Waals surface area contributed by atoms with Crippen molar-refractivity contribution in [1.29, 1.82) is 0 Å². The zero-order chi connectivity index (χ0) is 23.1. The lowest BCUT2D eigenvalue weighted by Crippen LogP contribution is -2.47. The summed E-state index contributed by atoms with van der Waals surface area (Å²) in [6.45, 7) is 7.18. The molecule has 1 fully saturated rings. The number of hydrogen-bond donors (Lipinski definition) is 1. The minimum absolute atomic E-state index is 0.165. The molecule has 176 valence electrons. The molecule has 1 aromatic heterocycles. The van der Waals surface area contributed by atoms with Gasteiger partial charge < -0.3 is 23.9 Å². The van der Waals surface area contributed by atoms with Gasteiger partial charge in [0.1, 0.15) is 6.26 Å². The first-order valence-electron chi connectivity index (χ1n) is 10.9. The standard InChI is InChI=1S/C23H34N4O5/c1-17(28)14-26-9-11-27(12-10-26)15-22-24-19(16-32-22)23(29)25(2)8-7-18-5-6-20(30-3)21(13-18)31-4/h5-6,13,16-17,28H,7-12,14-15H2,1-4H3. The van der Waals surface area contributed by atoms with E-state index in [2.05, 4.69) is 14.8 Å². The largest absolute Gasteiger partial charge is 0.493 e. The molecule has 9 heteroatoms. The van der Waals surface area contributed by atoms with Crippen LogP contribution in [0.1, 0.15) is 28.9 Å². The van der Waals surface area contributed by atoms with E-state index in [-0.39, 0.29) is 12.0 Å². The molecule has 32 heavy (non-hydrogen) atoms. The van der Waals surface area contributed by atoms with Crippen LogP contribution in [0.5, 0.6) is 11.5 Å². The minimum atomic E-state index is -0.314. The van der Waals surface area contributed by atoms with Crippen LogP contribution in [0.2, 0.25) is 0 Å². The van der Waals surface area contributed by atoms with Crippen LogP contribution in [0.3, 0.4) is 0 Å². The molecule has 2 heterocycles. The maximum Gasteiger partial charge on any atom is 0.275 e. The number of oxazole rings is 1. The molecule has 1 atom stereocenters. The van der Waals surface area contributed by atoms with Gasteiger partial charge in [-0.3, -0.25) is 14.6 Å². The third kappa shape index (κ3) is 6.44. The Hall–Kier alpha value is -2.62. The van der Waals surface area contributed by atoms with Gasteiger partial charge >= 0.3 is 0 Å². The number of aliphatic hydroxyl groups is 1. The third-order valence-electron chi connectivity index (χ3n) is 5.65. The molecule has 9 nitrogen and oxygen atoms in total. The fourth-order valence-electron chi connectivity index (χ4n) is 3.81. The quantitative estimate of drug-likeness (QED) is 0.587. The van der Waals surface area contributed by atoms with Crippen molar-refractivity contribution in [3.05, 3.63) is 41.6 Å². The Bertz CT molecular complexity index is 877. The number of likely N-dealkylation sites (N-methyl/N-ethyl adjacent to an activating group) is 1. The van der Waals surface area contributed by atoms with E-state index in [0.717, 1.165) is 31.7 Å². The smallest absolute Gasteiger partial charge is 0.275 e. The number of aliphatic hydroxyl groups excluding tert-OH is 1. The molecule has 3 rings (SSSR count). The predicted molar refractivity (Wildman–Crippen MR) is 120 cm³/mol. The van der Waals surface area contributed by atoms with Gasteiger partial charge in [0.15, 0.2) is 17.2 Å². The number of aromatic nitrogens is 1. The summed E-state index contributed by atoms with van der Waals surface area (Å²) in [6.07, 6.45) is 1.81. The zero-order valence-corrected chi connectivity index (χ0v) is 19.4. The number of carbonyl (C=O) groups excluding carboxylic acids is 1. The maximum atomic E-state index is 12.8. The first kappa shape index (κ1) is 24.0. The average molecular weight is 447 g/mol. The van der Waals surface area contributed by atoms with E-state index < -0.39 is 0 Å². The van der Waals surface area contributed by atoms with Gasteiger partial charge in [-0.15, -0.1) is 0 Å². The Morgan fingerprint density at radius 1 is 1.19 bits per heavy atom. The number of β-amino-alcohol motifs (C(OH)–C–C–N with tert-alkyl or cyclic N) is 1. The molecule has 1 aromatic carbocycles. The third-order valence-corrected chi connectivity index (χ3v) is 5.65. The van der Waals surface area contributed by atoms with Crippen molar-refractivity contribution in [2.24, 2.45) is 0 Å². The van der Waals surface area contributed by atoms with E-state index in [1.807, 2.05) is 25.1 Å². The van der Waals surface area contributed by atoms with Crippen LogP contribution < -0.4 is 9.47 Å². The Kier molecular flexibility index (Phi) is 8.49. The Labute approximate surface area is 189 Å². The number of piperazine rings is 1. The van der Waals surface area contributed by atoms with Crippen molar-refractivity contribution < 1.29 is 23.8 Å². The molecule has 1 amide bonds. The summed E-state index contributed by atoms with van der Waals surface area (Å²) in [7, 11) is 4.97. The normalized spacial score (nSPS) is 16.0. The van der Waals surface area contributed by atoms with Crippen LogP contribution in [0.15, 0.2) is 28.9 Å². The lowest BCUT2D eigenvalue weighted by atomic mass is 10.1.